The second kappa shape index (κ2) is 11.5. The third kappa shape index (κ3) is 5.92. The predicted octanol–water partition coefficient (Wildman–Crippen LogP) is 8.79. The third-order valence-electron chi connectivity index (χ3n) is 5.72. The van der Waals surface area contributed by atoms with E-state index < -0.39 is 0 Å². The van der Waals surface area contributed by atoms with Crippen LogP contribution in [0.4, 0.5) is 4.39 Å². The van der Waals surface area contributed by atoms with Gasteiger partial charge in [-0.25, -0.2) is 4.39 Å². The molecule has 0 saturated carbocycles. The van der Waals surface area contributed by atoms with Gasteiger partial charge in [-0.05, 0) is 59.6 Å². The number of rotatable bonds is 11. The van der Waals surface area contributed by atoms with Crippen LogP contribution in [-0.2, 0) is 12.8 Å². The molecule has 0 atom stereocenters. The monoisotopic (exact) mass is 400 g/mol. The molecule has 0 aliphatic carbocycles. The quantitative estimate of drug-likeness (QED) is 0.223. The zero-order chi connectivity index (χ0) is 21.2. The number of hydrogen-bond donors (Lipinski definition) is 0. The molecular formula is C29H33F. The van der Waals surface area contributed by atoms with Crippen LogP contribution in [0.25, 0.3) is 22.3 Å². The molecule has 3 aromatic rings. The van der Waals surface area contributed by atoms with Gasteiger partial charge in [-0.15, -0.1) is 6.58 Å². The lowest BCUT2D eigenvalue weighted by Crippen LogP contribution is -1.93. The number of aryl methyl sites for hydroxylation is 2. The van der Waals surface area contributed by atoms with Gasteiger partial charge in [0.1, 0.15) is 5.82 Å². The van der Waals surface area contributed by atoms with Crippen molar-refractivity contribution in [1.82, 2.24) is 0 Å². The minimum Gasteiger partial charge on any atom is -0.206 e. The van der Waals surface area contributed by atoms with Crippen molar-refractivity contribution in [2.45, 2.75) is 58.3 Å². The average molecular weight is 401 g/mol. The summed E-state index contributed by atoms with van der Waals surface area (Å²) in [5, 5.41) is 0. The Hall–Kier alpha value is -2.67. The van der Waals surface area contributed by atoms with Crippen LogP contribution in [0.3, 0.4) is 0 Å². The minimum absolute atomic E-state index is 0.129. The Labute approximate surface area is 181 Å². The van der Waals surface area contributed by atoms with Gasteiger partial charge in [-0.3, -0.25) is 0 Å². The number of benzene rings is 3. The lowest BCUT2D eigenvalue weighted by molar-refractivity contribution is 0.618. The summed E-state index contributed by atoms with van der Waals surface area (Å²) in [6.45, 7) is 6.02. The Balaban J connectivity index is 1.79. The average Bonchev–Trinajstić information content (AvgIpc) is 2.78. The maximum atomic E-state index is 15.1. The van der Waals surface area contributed by atoms with E-state index in [4.69, 9.17) is 0 Å². The zero-order valence-electron chi connectivity index (χ0n) is 18.2. The Morgan fingerprint density at radius 2 is 1.43 bits per heavy atom. The smallest absolute Gasteiger partial charge is 0.131 e. The standard InChI is InChI=1S/C29H33F/c1-3-5-7-8-9-13-24-18-21-28(29(30)22-24)27-15-11-10-14-26(27)25-19-16-23(17-20-25)12-6-4-2/h4,10-11,14-22H,2-3,5-9,12-13H2,1H3. The molecule has 0 spiro atoms. The highest BCUT2D eigenvalue weighted by molar-refractivity contribution is 5.83. The molecule has 0 unspecified atom stereocenters. The predicted molar refractivity (Wildman–Crippen MR) is 128 cm³/mol. The Kier molecular flexibility index (Phi) is 8.44. The van der Waals surface area contributed by atoms with Crippen molar-refractivity contribution in [2.75, 3.05) is 0 Å². The second-order valence-corrected chi connectivity index (χ2v) is 8.05. The summed E-state index contributed by atoms with van der Waals surface area (Å²) < 4.78 is 15.1. The van der Waals surface area contributed by atoms with Crippen molar-refractivity contribution in [3.63, 3.8) is 0 Å². The van der Waals surface area contributed by atoms with E-state index in [9.17, 15) is 0 Å². The van der Waals surface area contributed by atoms with E-state index in [0.717, 1.165) is 47.9 Å². The summed E-state index contributed by atoms with van der Waals surface area (Å²) in [7, 11) is 0. The molecule has 0 bridgehead atoms. The number of halogens is 1. The first-order chi connectivity index (χ1) is 14.7. The van der Waals surface area contributed by atoms with Gasteiger partial charge >= 0.3 is 0 Å². The molecule has 30 heavy (non-hydrogen) atoms. The van der Waals surface area contributed by atoms with E-state index in [2.05, 4.69) is 49.9 Å². The van der Waals surface area contributed by atoms with Crippen LogP contribution in [0.5, 0.6) is 0 Å². The number of hydrogen-bond acceptors (Lipinski definition) is 0. The lowest BCUT2D eigenvalue weighted by Gasteiger charge is -2.13. The van der Waals surface area contributed by atoms with Crippen molar-refractivity contribution in [2.24, 2.45) is 0 Å². The van der Waals surface area contributed by atoms with Crippen LogP contribution in [0.1, 0.15) is 56.6 Å². The molecule has 0 radical (unpaired) electrons. The van der Waals surface area contributed by atoms with Crippen LogP contribution in [0.2, 0.25) is 0 Å². The molecule has 0 saturated heterocycles. The highest BCUT2D eigenvalue weighted by Crippen LogP contribution is 2.34. The maximum Gasteiger partial charge on any atom is 0.131 e. The Morgan fingerprint density at radius 3 is 2.13 bits per heavy atom. The largest absolute Gasteiger partial charge is 0.206 e. The molecule has 0 aliphatic heterocycles. The van der Waals surface area contributed by atoms with Crippen molar-refractivity contribution < 1.29 is 4.39 Å². The highest BCUT2D eigenvalue weighted by Gasteiger charge is 2.12. The minimum atomic E-state index is -0.129. The SMILES string of the molecule is C=CCCc1ccc(-c2ccccc2-c2ccc(CCCCCCC)cc2F)cc1. The second-order valence-electron chi connectivity index (χ2n) is 8.05. The number of allylic oxidation sites excluding steroid dienone is 1. The Morgan fingerprint density at radius 1 is 0.733 bits per heavy atom. The lowest BCUT2D eigenvalue weighted by atomic mass is 9.92. The van der Waals surface area contributed by atoms with Crippen molar-refractivity contribution in [1.29, 1.82) is 0 Å². The van der Waals surface area contributed by atoms with Crippen LogP contribution in [0.15, 0.2) is 79.4 Å². The van der Waals surface area contributed by atoms with Crippen LogP contribution >= 0.6 is 0 Å². The normalized spacial score (nSPS) is 10.9. The van der Waals surface area contributed by atoms with E-state index in [0.29, 0.717) is 5.56 Å². The molecule has 0 nitrogen and oxygen atoms in total. The Bertz CT molecular complexity index is 937. The summed E-state index contributed by atoms with van der Waals surface area (Å²) in [4.78, 5) is 0. The molecule has 0 fully saturated rings. The van der Waals surface area contributed by atoms with E-state index in [1.807, 2.05) is 30.3 Å². The van der Waals surface area contributed by atoms with Crippen molar-refractivity contribution in [3.05, 3.63) is 96.3 Å². The van der Waals surface area contributed by atoms with Crippen molar-refractivity contribution in [3.8, 4) is 22.3 Å². The summed E-state index contributed by atoms with van der Waals surface area (Å²) in [5.74, 6) is -0.129. The molecule has 1 heteroatoms. The molecule has 0 heterocycles. The highest BCUT2D eigenvalue weighted by atomic mass is 19.1. The van der Waals surface area contributed by atoms with Gasteiger partial charge in [0.15, 0.2) is 0 Å². The zero-order valence-corrected chi connectivity index (χ0v) is 18.2. The first kappa shape index (κ1) is 22.0. The summed E-state index contributed by atoms with van der Waals surface area (Å²) >= 11 is 0. The van der Waals surface area contributed by atoms with E-state index in [-0.39, 0.29) is 5.82 Å². The molecule has 0 aromatic heterocycles. The molecular weight excluding hydrogens is 367 g/mol. The fourth-order valence-electron chi connectivity index (χ4n) is 3.95. The van der Waals surface area contributed by atoms with Gasteiger partial charge in [0.2, 0.25) is 0 Å². The molecule has 156 valence electrons. The molecule has 0 amide bonds. The van der Waals surface area contributed by atoms with Gasteiger partial charge in [0, 0.05) is 5.56 Å². The van der Waals surface area contributed by atoms with Gasteiger partial charge in [-0.2, -0.15) is 0 Å². The molecule has 0 aliphatic rings. The maximum absolute atomic E-state index is 15.1. The van der Waals surface area contributed by atoms with Gasteiger partial charge in [0.05, 0.1) is 0 Å². The number of unbranched alkanes of at least 4 members (excludes halogenated alkanes) is 4. The van der Waals surface area contributed by atoms with E-state index >= 15 is 4.39 Å². The van der Waals surface area contributed by atoms with Gasteiger partial charge < -0.3 is 0 Å². The van der Waals surface area contributed by atoms with E-state index in [1.165, 1.54) is 31.2 Å². The van der Waals surface area contributed by atoms with Gasteiger partial charge in [-0.1, -0.05) is 99.3 Å². The third-order valence-corrected chi connectivity index (χ3v) is 5.72. The first-order valence-corrected chi connectivity index (χ1v) is 11.3. The van der Waals surface area contributed by atoms with Crippen LogP contribution in [0, 0.1) is 5.82 Å². The first-order valence-electron chi connectivity index (χ1n) is 11.3. The van der Waals surface area contributed by atoms with Crippen LogP contribution < -0.4 is 0 Å². The summed E-state index contributed by atoms with van der Waals surface area (Å²) in [5.41, 5.74) is 6.20. The van der Waals surface area contributed by atoms with E-state index in [1.54, 1.807) is 6.07 Å². The van der Waals surface area contributed by atoms with Gasteiger partial charge in [0.25, 0.3) is 0 Å². The molecule has 0 N–H and O–H groups in total. The molecule has 3 rings (SSSR count). The summed E-state index contributed by atoms with van der Waals surface area (Å²) in [6.07, 6.45) is 11.1. The van der Waals surface area contributed by atoms with Crippen molar-refractivity contribution >= 4 is 0 Å². The fourth-order valence-corrected chi connectivity index (χ4v) is 3.95. The summed E-state index contributed by atoms with van der Waals surface area (Å²) in [6, 6.07) is 22.5. The fraction of sp³-hybridized carbons (Fsp3) is 0.310. The van der Waals surface area contributed by atoms with Crippen LogP contribution in [-0.4, -0.2) is 0 Å². The molecule has 3 aromatic carbocycles. The topological polar surface area (TPSA) is 0 Å².